The average molecular weight is 259 g/mol. The summed E-state index contributed by atoms with van der Waals surface area (Å²) in [5.74, 6) is 0. The van der Waals surface area contributed by atoms with Gasteiger partial charge in [0.05, 0.1) is 0 Å². The Kier molecular flexibility index (Phi) is 4.90. The summed E-state index contributed by atoms with van der Waals surface area (Å²) in [5.41, 5.74) is 3.19. The zero-order valence-corrected chi connectivity index (χ0v) is 12.8. The maximum atomic E-state index is 3.68. The largest absolute Gasteiger partial charge is 0.382 e. The van der Waals surface area contributed by atoms with Crippen LogP contribution >= 0.6 is 0 Å². The molecular weight excluding hydrogens is 230 g/mol. The van der Waals surface area contributed by atoms with E-state index in [0.717, 1.165) is 0 Å². The van der Waals surface area contributed by atoms with Crippen LogP contribution in [0.2, 0.25) is 0 Å². The molecule has 106 valence electrons. The lowest BCUT2D eigenvalue weighted by atomic mass is 9.89. The normalized spacial score (nSPS) is 17.4. The number of nitrogens with one attached hydrogen (secondary N) is 1. The van der Waals surface area contributed by atoms with E-state index < -0.39 is 0 Å². The van der Waals surface area contributed by atoms with Gasteiger partial charge in [0.2, 0.25) is 0 Å². The highest BCUT2D eigenvalue weighted by atomic mass is 14.9. The molecule has 0 aliphatic heterocycles. The summed E-state index contributed by atoms with van der Waals surface area (Å²) in [6.45, 7) is 6.93. The zero-order valence-electron chi connectivity index (χ0n) is 12.8. The number of anilines is 1. The van der Waals surface area contributed by atoms with E-state index in [1.165, 1.54) is 56.2 Å². The smallest absolute Gasteiger partial charge is 0.0342 e. The Morgan fingerprint density at radius 1 is 1.00 bits per heavy atom. The van der Waals surface area contributed by atoms with E-state index in [2.05, 4.69) is 50.4 Å². The fourth-order valence-electron chi connectivity index (χ4n) is 2.77. The number of aryl methyl sites for hydroxylation is 1. The van der Waals surface area contributed by atoms with Crippen molar-refractivity contribution in [2.24, 2.45) is 5.41 Å². The van der Waals surface area contributed by atoms with Gasteiger partial charge in [-0.25, -0.2) is 0 Å². The minimum absolute atomic E-state index is 0.430. The highest BCUT2D eigenvalue weighted by molar-refractivity contribution is 5.45. The molecule has 0 saturated heterocycles. The second kappa shape index (κ2) is 6.45. The maximum absolute atomic E-state index is 3.68. The first-order chi connectivity index (χ1) is 9.03. The third kappa shape index (κ3) is 5.26. The highest BCUT2D eigenvalue weighted by Crippen LogP contribution is 2.24. The molecule has 1 nitrogen and oxygen atoms in total. The van der Waals surface area contributed by atoms with Gasteiger partial charge in [-0.1, -0.05) is 52.2 Å². The maximum Gasteiger partial charge on any atom is 0.0342 e. The number of hydrogen-bond acceptors (Lipinski definition) is 1. The first-order valence-electron chi connectivity index (χ1n) is 7.88. The standard InChI is InChI=1S/C18H29N/c1-18(2,3)14-13-15-9-11-17(12-10-15)19-16-7-5-4-6-8-16/h9-12,16,19H,4-8,13-14H2,1-3H3. The quantitative estimate of drug-likeness (QED) is 0.762. The van der Waals surface area contributed by atoms with Crippen molar-refractivity contribution in [1.29, 1.82) is 0 Å². The highest BCUT2D eigenvalue weighted by Gasteiger charge is 2.13. The second-order valence-corrected chi connectivity index (χ2v) is 7.24. The monoisotopic (exact) mass is 259 g/mol. The molecule has 1 aliphatic rings. The predicted octanol–water partition coefficient (Wildman–Crippen LogP) is 5.41. The Morgan fingerprint density at radius 3 is 2.21 bits per heavy atom. The lowest BCUT2D eigenvalue weighted by molar-refractivity contribution is 0.378. The fourth-order valence-corrected chi connectivity index (χ4v) is 2.77. The Balaban J connectivity index is 1.83. The van der Waals surface area contributed by atoms with Crippen molar-refractivity contribution < 1.29 is 0 Å². The molecule has 2 rings (SSSR count). The lowest BCUT2D eigenvalue weighted by Crippen LogP contribution is -2.22. The van der Waals surface area contributed by atoms with Crippen molar-refractivity contribution in [3.8, 4) is 0 Å². The van der Waals surface area contributed by atoms with Crippen LogP contribution in [-0.2, 0) is 6.42 Å². The van der Waals surface area contributed by atoms with Crippen molar-refractivity contribution in [1.82, 2.24) is 0 Å². The minimum atomic E-state index is 0.430. The van der Waals surface area contributed by atoms with Crippen LogP contribution in [0.15, 0.2) is 24.3 Å². The van der Waals surface area contributed by atoms with Gasteiger partial charge in [0.25, 0.3) is 0 Å². The molecule has 0 unspecified atom stereocenters. The predicted molar refractivity (Wildman–Crippen MR) is 84.7 cm³/mol. The molecule has 1 aromatic rings. The van der Waals surface area contributed by atoms with E-state index >= 15 is 0 Å². The molecule has 1 N–H and O–H groups in total. The Labute approximate surface area is 118 Å². The van der Waals surface area contributed by atoms with Crippen molar-refractivity contribution in [3.63, 3.8) is 0 Å². The fraction of sp³-hybridized carbons (Fsp3) is 0.667. The summed E-state index contributed by atoms with van der Waals surface area (Å²) in [7, 11) is 0. The minimum Gasteiger partial charge on any atom is -0.382 e. The van der Waals surface area contributed by atoms with Crippen LogP contribution in [0.4, 0.5) is 5.69 Å². The molecule has 1 heteroatoms. The molecule has 0 aromatic heterocycles. The van der Waals surface area contributed by atoms with E-state index in [9.17, 15) is 0 Å². The van der Waals surface area contributed by atoms with Crippen molar-refractivity contribution >= 4 is 5.69 Å². The van der Waals surface area contributed by atoms with E-state index in [-0.39, 0.29) is 0 Å². The molecule has 1 aromatic carbocycles. The van der Waals surface area contributed by atoms with Gasteiger partial charge in [-0.2, -0.15) is 0 Å². The molecule has 0 bridgehead atoms. The van der Waals surface area contributed by atoms with Gasteiger partial charge in [-0.3, -0.25) is 0 Å². The third-order valence-corrected chi connectivity index (χ3v) is 4.09. The summed E-state index contributed by atoms with van der Waals surface area (Å²) in [6, 6.07) is 9.79. The number of rotatable bonds is 4. The third-order valence-electron chi connectivity index (χ3n) is 4.09. The van der Waals surface area contributed by atoms with Gasteiger partial charge in [0.15, 0.2) is 0 Å². The van der Waals surface area contributed by atoms with Gasteiger partial charge in [0, 0.05) is 11.7 Å². The van der Waals surface area contributed by atoms with Gasteiger partial charge < -0.3 is 5.32 Å². The molecule has 0 atom stereocenters. The van der Waals surface area contributed by atoms with Crippen LogP contribution < -0.4 is 5.32 Å². The zero-order chi connectivity index (χ0) is 13.7. The van der Waals surface area contributed by atoms with Crippen LogP contribution in [0.3, 0.4) is 0 Å². The second-order valence-electron chi connectivity index (χ2n) is 7.24. The number of benzene rings is 1. The molecule has 1 saturated carbocycles. The molecule has 0 heterocycles. The Bertz CT molecular complexity index is 366. The molecule has 0 spiro atoms. The summed E-state index contributed by atoms with van der Waals surface area (Å²) in [6.07, 6.45) is 9.32. The first-order valence-corrected chi connectivity index (χ1v) is 7.88. The lowest BCUT2D eigenvalue weighted by Gasteiger charge is -2.24. The van der Waals surface area contributed by atoms with Crippen LogP contribution in [0.5, 0.6) is 0 Å². The van der Waals surface area contributed by atoms with Crippen LogP contribution in [0.1, 0.15) is 64.9 Å². The summed E-state index contributed by atoms with van der Waals surface area (Å²) in [5, 5.41) is 3.68. The van der Waals surface area contributed by atoms with E-state index in [4.69, 9.17) is 0 Å². The summed E-state index contributed by atoms with van der Waals surface area (Å²) in [4.78, 5) is 0. The Morgan fingerprint density at radius 2 is 1.63 bits per heavy atom. The van der Waals surface area contributed by atoms with Crippen LogP contribution in [-0.4, -0.2) is 6.04 Å². The first kappa shape index (κ1) is 14.4. The van der Waals surface area contributed by atoms with Crippen molar-refractivity contribution in [2.75, 3.05) is 5.32 Å². The SMILES string of the molecule is CC(C)(C)CCc1ccc(NC2CCCCC2)cc1. The molecular formula is C18H29N. The van der Waals surface area contributed by atoms with Gasteiger partial charge >= 0.3 is 0 Å². The number of hydrogen-bond donors (Lipinski definition) is 1. The molecule has 19 heavy (non-hydrogen) atoms. The summed E-state index contributed by atoms with van der Waals surface area (Å²) < 4.78 is 0. The van der Waals surface area contributed by atoms with E-state index in [1.807, 2.05) is 0 Å². The van der Waals surface area contributed by atoms with E-state index in [1.54, 1.807) is 0 Å². The average Bonchev–Trinajstić information content (AvgIpc) is 2.38. The van der Waals surface area contributed by atoms with Crippen molar-refractivity contribution in [2.45, 2.75) is 71.8 Å². The topological polar surface area (TPSA) is 12.0 Å². The van der Waals surface area contributed by atoms with Gasteiger partial charge in [0.1, 0.15) is 0 Å². The van der Waals surface area contributed by atoms with Gasteiger partial charge in [-0.15, -0.1) is 0 Å². The van der Waals surface area contributed by atoms with Crippen LogP contribution in [0.25, 0.3) is 0 Å². The van der Waals surface area contributed by atoms with Crippen molar-refractivity contribution in [3.05, 3.63) is 29.8 Å². The molecule has 0 amide bonds. The molecule has 0 radical (unpaired) electrons. The molecule has 1 fully saturated rings. The van der Waals surface area contributed by atoms with Gasteiger partial charge in [-0.05, 0) is 48.8 Å². The molecule has 1 aliphatic carbocycles. The Hall–Kier alpha value is -0.980. The van der Waals surface area contributed by atoms with E-state index in [0.29, 0.717) is 11.5 Å². The summed E-state index contributed by atoms with van der Waals surface area (Å²) >= 11 is 0. The van der Waals surface area contributed by atoms with Crippen LogP contribution in [0, 0.1) is 5.41 Å².